The highest BCUT2D eigenvalue weighted by molar-refractivity contribution is 5.78. The van der Waals surface area contributed by atoms with Gasteiger partial charge in [-0.1, -0.05) is 20.3 Å². The molecule has 1 rings (SSSR count). The van der Waals surface area contributed by atoms with Gasteiger partial charge < -0.3 is 10.4 Å². The molecule has 0 aromatic heterocycles. The first-order valence-electron chi connectivity index (χ1n) is 6.32. The molecule has 3 nitrogen and oxygen atoms in total. The molecular formula is C14H19F2NO2. The minimum Gasteiger partial charge on any atom is -0.391 e. The van der Waals surface area contributed by atoms with Crippen molar-refractivity contribution in [2.75, 3.05) is 6.54 Å². The number of amides is 1. The first-order chi connectivity index (χ1) is 8.93. The average molecular weight is 271 g/mol. The molecule has 106 valence electrons. The van der Waals surface area contributed by atoms with Gasteiger partial charge in [0, 0.05) is 12.1 Å². The Balaban J connectivity index is 2.49. The molecule has 1 aromatic carbocycles. The van der Waals surface area contributed by atoms with Gasteiger partial charge >= 0.3 is 0 Å². The number of halogens is 2. The summed E-state index contributed by atoms with van der Waals surface area (Å²) in [5.41, 5.74) is 0.00975. The van der Waals surface area contributed by atoms with Crippen molar-refractivity contribution in [1.29, 1.82) is 0 Å². The van der Waals surface area contributed by atoms with E-state index in [4.69, 9.17) is 0 Å². The number of hydrogen-bond donors (Lipinski definition) is 2. The molecule has 0 aliphatic heterocycles. The van der Waals surface area contributed by atoms with E-state index in [1.54, 1.807) is 0 Å². The summed E-state index contributed by atoms with van der Waals surface area (Å²) in [6, 6.07) is 3.00. The molecule has 0 bridgehead atoms. The Hall–Kier alpha value is -1.49. The summed E-state index contributed by atoms with van der Waals surface area (Å²) in [7, 11) is 0. The van der Waals surface area contributed by atoms with Crippen molar-refractivity contribution in [1.82, 2.24) is 5.32 Å². The van der Waals surface area contributed by atoms with Crippen molar-refractivity contribution < 1.29 is 18.7 Å². The van der Waals surface area contributed by atoms with Crippen molar-refractivity contribution in [3.63, 3.8) is 0 Å². The van der Waals surface area contributed by atoms with Gasteiger partial charge in [-0.2, -0.15) is 0 Å². The summed E-state index contributed by atoms with van der Waals surface area (Å²) in [6.07, 6.45) is -0.0712. The molecular weight excluding hydrogens is 252 g/mol. The predicted molar refractivity (Wildman–Crippen MR) is 68.5 cm³/mol. The number of carbonyl (C=O) groups is 1. The van der Waals surface area contributed by atoms with Crippen LogP contribution in [-0.2, 0) is 11.2 Å². The van der Waals surface area contributed by atoms with E-state index in [-0.39, 0.29) is 24.4 Å². The van der Waals surface area contributed by atoms with Crippen LogP contribution in [0.3, 0.4) is 0 Å². The van der Waals surface area contributed by atoms with Gasteiger partial charge in [0.1, 0.15) is 11.6 Å². The predicted octanol–water partition coefficient (Wildman–Crippen LogP) is 2.03. The van der Waals surface area contributed by atoms with Crippen LogP contribution >= 0.6 is 0 Å². The van der Waals surface area contributed by atoms with E-state index in [1.165, 1.54) is 0 Å². The van der Waals surface area contributed by atoms with Crippen LogP contribution in [0.2, 0.25) is 0 Å². The van der Waals surface area contributed by atoms with Crippen molar-refractivity contribution in [3.8, 4) is 0 Å². The second-order valence-corrected chi connectivity index (χ2v) is 4.67. The second kappa shape index (κ2) is 7.19. The van der Waals surface area contributed by atoms with Gasteiger partial charge in [-0.3, -0.25) is 4.79 Å². The molecule has 1 amide bonds. The van der Waals surface area contributed by atoms with Gasteiger partial charge in [-0.25, -0.2) is 8.78 Å². The number of carbonyl (C=O) groups excluding carboxylic acids is 1. The van der Waals surface area contributed by atoms with Crippen LogP contribution in [0.25, 0.3) is 0 Å². The quantitative estimate of drug-likeness (QED) is 0.831. The number of benzene rings is 1. The summed E-state index contributed by atoms with van der Waals surface area (Å²) in [6.45, 7) is 3.94. The highest BCUT2D eigenvalue weighted by Crippen LogP contribution is 2.10. The fourth-order valence-electron chi connectivity index (χ4n) is 1.61. The van der Waals surface area contributed by atoms with Gasteiger partial charge in [0.25, 0.3) is 0 Å². The molecule has 19 heavy (non-hydrogen) atoms. The van der Waals surface area contributed by atoms with Gasteiger partial charge in [0.05, 0.1) is 12.5 Å². The Labute approximate surface area is 111 Å². The van der Waals surface area contributed by atoms with E-state index < -0.39 is 23.6 Å². The molecule has 0 saturated carbocycles. The van der Waals surface area contributed by atoms with E-state index in [0.29, 0.717) is 0 Å². The SMILES string of the molecule is CCC(C)C(O)CNC(=O)Cc1cc(F)ccc1F. The van der Waals surface area contributed by atoms with Gasteiger partial charge in [0.2, 0.25) is 5.91 Å². The van der Waals surface area contributed by atoms with E-state index in [1.807, 2.05) is 13.8 Å². The lowest BCUT2D eigenvalue weighted by molar-refractivity contribution is -0.121. The Morgan fingerprint density at radius 2 is 2.11 bits per heavy atom. The summed E-state index contributed by atoms with van der Waals surface area (Å²) >= 11 is 0. The maximum Gasteiger partial charge on any atom is 0.224 e. The molecule has 0 aliphatic rings. The molecule has 0 heterocycles. The lowest BCUT2D eigenvalue weighted by atomic mass is 10.0. The first kappa shape index (κ1) is 15.6. The van der Waals surface area contributed by atoms with E-state index in [0.717, 1.165) is 24.6 Å². The van der Waals surface area contributed by atoms with Crippen LogP contribution in [0.1, 0.15) is 25.8 Å². The maximum atomic E-state index is 13.3. The molecule has 2 unspecified atom stereocenters. The third kappa shape index (κ3) is 4.95. The normalized spacial score (nSPS) is 13.9. The molecule has 0 saturated heterocycles. The molecule has 0 spiro atoms. The second-order valence-electron chi connectivity index (χ2n) is 4.67. The van der Waals surface area contributed by atoms with Crippen LogP contribution < -0.4 is 5.32 Å². The fourth-order valence-corrected chi connectivity index (χ4v) is 1.61. The number of hydrogen-bond acceptors (Lipinski definition) is 2. The minimum atomic E-state index is -0.633. The first-order valence-corrected chi connectivity index (χ1v) is 6.32. The van der Waals surface area contributed by atoms with Crippen molar-refractivity contribution in [3.05, 3.63) is 35.4 Å². The van der Waals surface area contributed by atoms with E-state index in [2.05, 4.69) is 5.32 Å². The molecule has 0 aliphatic carbocycles. The Morgan fingerprint density at radius 1 is 1.42 bits per heavy atom. The van der Waals surface area contributed by atoms with Crippen molar-refractivity contribution in [2.45, 2.75) is 32.8 Å². The summed E-state index contributed by atoms with van der Waals surface area (Å²) in [5, 5.41) is 12.2. The smallest absolute Gasteiger partial charge is 0.224 e. The van der Waals surface area contributed by atoms with Crippen molar-refractivity contribution >= 4 is 5.91 Å². The standard InChI is InChI=1S/C14H19F2NO2/c1-3-9(2)13(18)8-17-14(19)7-10-6-11(15)4-5-12(10)16/h4-6,9,13,18H,3,7-8H2,1-2H3,(H,17,19). The minimum absolute atomic E-state index is 0.00975. The Bertz CT molecular complexity index is 437. The maximum absolute atomic E-state index is 13.3. The summed E-state index contributed by atoms with van der Waals surface area (Å²) in [5.74, 6) is -1.55. The molecule has 1 aromatic rings. The Kier molecular flexibility index (Phi) is 5.89. The van der Waals surface area contributed by atoms with Crippen LogP contribution in [0.5, 0.6) is 0 Å². The fraction of sp³-hybridized carbons (Fsp3) is 0.500. The van der Waals surface area contributed by atoms with Gasteiger partial charge in [-0.05, 0) is 24.1 Å². The Morgan fingerprint density at radius 3 is 2.74 bits per heavy atom. The zero-order valence-corrected chi connectivity index (χ0v) is 11.1. The largest absolute Gasteiger partial charge is 0.391 e. The topological polar surface area (TPSA) is 49.3 Å². The zero-order chi connectivity index (χ0) is 14.4. The van der Waals surface area contributed by atoms with E-state index in [9.17, 15) is 18.7 Å². The number of aliphatic hydroxyl groups is 1. The molecule has 2 N–H and O–H groups in total. The van der Waals surface area contributed by atoms with E-state index >= 15 is 0 Å². The number of rotatable bonds is 6. The average Bonchev–Trinajstić information content (AvgIpc) is 2.39. The molecule has 2 atom stereocenters. The monoisotopic (exact) mass is 271 g/mol. The highest BCUT2D eigenvalue weighted by atomic mass is 19.1. The third-order valence-corrected chi connectivity index (χ3v) is 3.17. The zero-order valence-electron chi connectivity index (χ0n) is 11.1. The molecule has 0 radical (unpaired) electrons. The lowest BCUT2D eigenvalue weighted by Crippen LogP contribution is -2.36. The third-order valence-electron chi connectivity index (χ3n) is 3.17. The summed E-state index contributed by atoms with van der Waals surface area (Å²) in [4.78, 5) is 11.6. The van der Waals surface area contributed by atoms with Crippen LogP contribution in [0.4, 0.5) is 8.78 Å². The van der Waals surface area contributed by atoms with Gasteiger partial charge in [-0.15, -0.1) is 0 Å². The van der Waals surface area contributed by atoms with Crippen LogP contribution in [0.15, 0.2) is 18.2 Å². The number of nitrogens with one attached hydrogen (secondary N) is 1. The number of aliphatic hydroxyl groups excluding tert-OH is 1. The lowest BCUT2D eigenvalue weighted by Gasteiger charge is -2.17. The highest BCUT2D eigenvalue weighted by Gasteiger charge is 2.14. The van der Waals surface area contributed by atoms with Crippen LogP contribution in [-0.4, -0.2) is 23.7 Å². The van der Waals surface area contributed by atoms with Gasteiger partial charge in [0.15, 0.2) is 0 Å². The van der Waals surface area contributed by atoms with Crippen molar-refractivity contribution in [2.24, 2.45) is 5.92 Å². The van der Waals surface area contributed by atoms with Crippen LogP contribution in [0, 0.1) is 17.6 Å². The molecule has 0 fully saturated rings. The molecule has 5 heteroatoms. The summed E-state index contributed by atoms with van der Waals surface area (Å²) < 4.78 is 26.2.